The molecular weight excluding hydrogens is 885 g/mol. The van der Waals surface area contributed by atoms with Crippen LogP contribution in [0.25, 0.3) is 20.4 Å². The molecular formula is C47H44N8O7S3. The lowest BCUT2D eigenvalue weighted by molar-refractivity contribution is 0.0950. The molecule has 0 aliphatic heterocycles. The normalized spacial score (nSPS) is 17.4. The van der Waals surface area contributed by atoms with Gasteiger partial charge in [0.1, 0.15) is 34.4 Å². The maximum absolute atomic E-state index is 11.8. The predicted molar refractivity (Wildman–Crippen MR) is 253 cm³/mol. The first-order valence-electron chi connectivity index (χ1n) is 20.4. The monoisotopic (exact) mass is 928 g/mol. The summed E-state index contributed by atoms with van der Waals surface area (Å²) in [5.41, 5.74) is 12.5. The van der Waals surface area contributed by atoms with Crippen LogP contribution in [0.5, 0.6) is 23.0 Å². The van der Waals surface area contributed by atoms with Gasteiger partial charge in [0.25, 0.3) is 11.8 Å². The Hall–Kier alpha value is -6.67. The molecule has 2 amide bonds. The first kappa shape index (κ1) is 44.9. The average molecular weight is 929 g/mol. The number of nitrogens with one attached hydrogen (secondary N) is 3. The van der Waals surface area contributed by atoms with E-state index in [1.54, 1.807) is 50.7 Å². The van der Waals surface area contributed by atoms with Gasteiger partial charge in [-0.3, -0.25) is 23.8 Å². The molecule has 332 valence electrons. The van der Waals surface area contributed by atoms with Crippen LogP contribution in [0.3, 0.4) is 0 Å². The van der Waals surface area contributed by atoms with Crippen LogP contribution in [0.4, 0.5) is 5.13 Å². The Morgan fingerprint density at radius 3 is 1.75 bits per heavy atom. The molecule has 10 rings (SSSR count). The first-order chi connectivity index (χ1) is 31.5. The lowest BCUT2D eigenvalue weighted by atomic mass is 10.1. The molecule has 15 nitrogen and oxygen atoms in total. The van der Waals surface area contributed by atoms with Gasteiger partial charge in [0.05, 0.1) is 55.5 Å². The fourth-order valence-corrected chi connectivity index (χ4v) is 9.93. The second kappa shape index (κ2) is 20.0. The van der Waals surface area contributed by atoms with Gasteiger partial charge in [-0.15, -0.1) is 11.3 Å². The number of aliphatic hydroxyl groups excluding tert-OH is 2. The number of rotatable bonds is 9. The molecule has 4 heterocycles. The number of nitrogens with zero attached hydrogens (tertiary/aromatic N) is 4. The summed E-state index contributed by atoms with van der Waals surface area (Å²) in [5.74, 6) is 1.76. The largest absolute Gasteiger partial charge is 0.457 e. The van der Waals surface area contributed by atoms with Gasteiger partial charge in [-0.1, -0.05) is 59.9 Å². The smallest absolute Gasteiger partial charge is 0.269 e. The number of benzene rings is 4. The number of amides is 2. The Balaban J connectivity index is 0.000000148. The lowest BCUT2D eigenvalue weighted by Crippen LogP contribution is -2.21. The Bertz CT molecular complexity index is 3030. The second-order valence-corrected chi connectivity index (χ2v) is 18.5. The molecule has 5 atom stereocenters. The van der Waals surface area contributed by atoms with E-state index >= 15 is 0 Å². The predicted octanol–water partition coefficient (Wildman–Crippen LogP) is 7.10. The van der Waals surface area contributed by atoms with Crippen molar-refractivity contribution < 1.29 is 33.5 Å². The fourth-order valence-electron chi connectivity index (χ4n) is 7.31. The van der Waals surface area contributed by atoms with Gasteiger partial charge in [0.2, 0.25) is 0 Å². The van der Waals surface area contributed by atoms with E-state index < -0.39 is 16.9 Å². The van der Waals surface area contributed by atoms with E-state index in [1.807, 2.05) is 72.8 Å². The van der Waals surface area contributed by atoms with E-state index in [4.69, 9.17) is 15.2 Å². The van der Waals surface area contributed by atoms with Gasteiger partial charge in [-0.25, -0.2) is 9.97 Å². The first-order valence-corrected chi connectivity index (χ1v) is 23.6. The van der Waals surface area contributed by atoms with Crippen LogP contribution in [0, 0.1) is 0 Å². The fraction of sp³-hybridized carbons (Fsp3) is 0.191. The number of pyridine rings is 2. The highest BCUT2D eigenvalue weighted by molar-refractivity contribution is 7.86. The minimum absolute atomic E-state index is 0.174. The third-order valence-electron chi connectivity index (χ3n) is 10.5. The maximum atomic E-state index is 11.8. The Morgan fingerprint density at radius 2 is 1.18 bits per heavy atom. The minimum atomic E-state index is -1.10. The van der Waals surface area contributed by atoms with Gasteiger partial charge in [0.15, 0.2) is 9.47 Å². The molecule has 0 radical (unpaired) electrons. The summed E-state index contributed by atoms with van der Waals surface area (Å²) in [7, 11) is 2.00. The van der Waals surface area contributed by atoms with Crippen molar-refractivity contribution in [3.63, 3.8) is 0 Å². The van der Waals surface area contributed by atoms with Crippen LogP contribution in [-0.4, -0.2) is 78.7 Å². The summed E-state index contributed by atoms with van der Waals surface area (Å²) in [5, 5.41) is 29.1. The Morgan fingerprint density at radius 1 is 0.677 bits per heavy atom. The van der Waals surface area contributed by atoms with Crippen LogP contribution < -0.4 is 31.2 Å². The van der Waals surface area contributed by atoms with E-state index in [1.165, 1.54) is 40.6 Å². The molecule has 2 aliphatic rings. The summed E-state index contributed by atoms with van der Waals surface area (Å²) >= 11 is 2.88. The Labute approximate surface area is 384 Å². The topological polar surface area (TPSA) is 224 Å². The average Bonchev–Trinajstić information content (AvgIpc) is 4.09. The number of aliphatic hydroxyl groups is 2. The van der Waals surface area contributed by atoms with Crippen LogP contribution in [0.2, 0.25) is 0 Å². The second-order valence-electron chi connectivity index (χ2n) is 14.9. The van der Waals surface area contributed by atoms with Gasteiger partial charge in [-0.2, -0.15) is 0 Å². The highest BCUT2D eigenvalue weighted by atomic mass is 32.2. The van der Waals surface area contributed by atoms with E-state index in [9.17, 15) is 24.0 Å². The Kier molecular flexibility index (Phi) is 13.8. The number of anilines is 1. The minimum Gasteiger partial charge on any atom is -0.457 e. The van der Waals surface area contributed by atoms with Crippen molar-refractivity contribution in [3.8, 4) is 23.0 Å². The van der Waals surface area contributed by atoms with Crippen molar-refractivity contribution in [2.24, 2.45) is 5.73 Å². The van der Waals surface area contributed by atoms with E-state index in [0.29, 0.717) is 45.9 Å². The molecule has 18 heteroatoms. The highest BCUT2D eigenvalue weighted by Gasteiger charge is 2.31. The molecule has 65 heavy (non-hydrogen) atoms. The third-order valence-corrected chi connectivity index (χ3v) is 13.8. The summed E-state index contributed by atoms with van der Waals surface area (Å²) < 4.78 is 25.6. The van der Waals surface area contributed by atoms with Crippen LogP contribution in [0.1, 0.15) is 55.3 Å². The maximum Gasteiger partial charge on any atom is 0.269 e. The number of carbonyl (C=O) groups excluding carboxylic acids is 2. The van der Waals surface area contributed by atoms with E-state index in [2.05, 4.69) is 42.0 Å². The number of hydrogen-bond acceptors (Lipinski definition) is 15. The third kappa shape index (κ3) is 10.5. The molecule has 0 spiro atoms. The molecule has 7 N–H and O–H groups in total. The van der Waals surface area contributed by atoms with Crippen molar-refractivity contribution in [1.82, 2.24) is 30.6 Å². The highest BCUT2D eigenvalue weighted by Crippen LogP contribution is 2.38. The van der Waals surface area contributed by atoms with Gasteiger partial charge >= 0.3 is 0 Å². The summed E-state index contributed by atoms with van der Waals surface area (Å²) in [4.78, 5) is 40.4. The van der Waals surface area contributed by atoms with Crippen molar-refractivity contribution >= 4 is 70.9 Å². The molecule has 2 aliphatic carbocycles. The number of thiazole rings is 2. The molecule has 4 aromatic carbocycles. The number of nitrogens with two attached hydrogens (primary N) is 1. The zero-order valence-electron chi connectivity index (χ0n) is 35.3. The van der Waals surface area contributed by atoms with Crippen LogP contribution in [-0.2, 0) is 23.6 Å². The lowest BCUT2D eigenvalue weighted by Gasteiger charge is -2.16. The van der Waals surface area contributed by atoms with Crippen molar-refractivity contribution in [3.05, 3.63) is 155 Å². The number of aromatic nitrogens is 4. The number of ether oxygens (including phenoxy) is 2. The van der Waals surface area contributed by atoms with Gasteiger partial charge in [0, 0.05) is 69.9 Å². The summed E-state index contributed by atoms with van der Waals surface area (Å²) in [6.07, 6.45) is 5.14. The SMILES string of the molecule is CNC(=O)c1cc(Oc2ccc3nc(N[C@@H]4c5ccccc5C[C@@H]4O)sc3c2)ccn1.CNC(=O)c1cc(Oc2ccc3nc(S(C)=O)sc3c2)ccn1.N[C@@H]1c2ccccc2C[C@@H]1O. The number of hydrogen-bond donors (Lipinski definition) is 6. The summed E-state index contributed by atoms with van der Waals surface area (Å²) in [6.45, 7) is 0. The number of fused-ring (bicyclic) bond motifs is 4. The molecule has 1 unspecified atom stereocenters. The zero-order valence-corrected chi connectivity index (χ0v) is 37.7. The quantitative estimate of drug-likeness (QED) is 0.0851. The van der Waals surface area contributed by atoms with E-state index in [0.717, 1.165) is 42.3 Å². The number of carbonyl (C=O) groups is 2. The molecule has 0 saturated carbocycles. The molecule has 0 bridgehead atoms. The van der Waals surface area contributed by atoms with Crippen LogP contribution >= 0.6 is 22.7 Å². The molecule has 0 saturated heterocycles. The van der Waals surface area contributed by atoms with Gasteiger partial charge < -0.3 is 41.4 Å². The van der Waals surface area contributed by atoms with Crippen molar-refractivity contribution in [1.29, 1.82) is 0 Å². The summed E-state index contributed by atoms with van der Waals surface area (Å²) in [6, 6.07) is 33.3. The van der Waals surface area contributed by atoms with Crippen LogP contribution in [0.15, 0.2) is 126 Å². The van der Waals surface area contributed by atoms with Gasteiger partial charge in [-0.05, 0) is 58.7 Å². The zero-order chi connectivity index (χ0) is 45.6. The molecule has 8 aromatic rings. The molecule has 0 fully saturated rings. The molecule has 4 aromatic heterocycles. The van der Waals surface area contributed by atoms with E-state index in [-0.39, 0.29) is 35.7 Å². The van der Waals surface area contributed by atoms with Crippen molar-refractivity contribution in [2.75, 3.05) is 25.7 Å². The standard InChI is InChI=1S/C23H20N4O3S.C15H13N3O3S2.C9H11NO/c1-24-22(29)18-11-15(8-9-25-18)30-14-6-7-17-20(12-14)31-23(26-17)27-21-16-5-3-2-4-13(16)10-19(21)28;1-16-14(19)12-7-10(5-6-17-12)21-9-3-4-11-13(8-9)22-15(18-11)23(2)20;10-9-7-4-2-1-3-6(7)5-8(9)11/h2-9,11-12,19,21,28H,10H2,1H3,(H,24,29)(H,26,27);3-8H,1-2H3,(H,16,19);1-4,8-9,11H,5,10H2/t19-,21+;;8-,9+/m0.0/s1. The van der Waals surface area contributed by atoms with Crippen molar-refractivity contribution in [2.45, 2.75) is 41.5 Å².